The van der Waals surface area contributed by atoms with Crippen molar-refractivity contribution in [2.45, 2.75) is 51.7 Å². The molecule has 2 rings (SSSR count). The van der Waals surface area contributed by atoms with Crippen LogP contribution in [-0.4, -0.2) is 42.4 Å². The molecule has 1 aromatic rings. The molecule has 1 fully saturated rings. The minimum absolute atomic E-state index is 0.345. The smallest absolute Gasteiger partial charge is 0.399 e. The van der Waals surface area contributed by atoms with E-state index in [4.69, 9.17) is 20.1 Å². The van der Waals surface area contributed by atoms with Crippen LogP contribution in [0.2, 0.25) is 0 Å². The van der Waals surface area contributed by atoms with Gasteiger partial charge in [-0.2, -0.15) is 0 Å². The summed E-state index contributed by atoms with van der Waals surface area (Å²) in [4.78, 5) is 1.51. The van der Waals surface area contributed by atoms with Crippen molar-refractivity contribution in [2.24, 2.45) is 0 Å². The van der Waals surface area contributed by atoms with Crippen molar-refractivity contribution in [2.75, 3.05) is 7.05 Å². The third-order valence-corrected chi connectivity index (χ3v) is 4.75. The molecule has 0 atom stereocenters. The average Bonchev–Trinajstić information content (AvgIpc) is 2.72. The summed E-state index contributed by atoms with van der Waals surface area (Å²) >= 11 is 0. The van der Waals surface area contributed by atoms with Gasteiger partial charge in [0.2, 0.25) is 0 Å². The third-order valence-electron chi connectivity index (χ3n) is 4.75. The molecule has 5 nitrogen and oxygen atoms in total. The Balaban J connectivity index is 2.06. The Hall–Kier alpha value is -1.66. The first-order valence-electron chi connectivity index (χ1n) is 7.91. The molecule has 1 aliphatic heterocycles. The van der Waals surface area contributed by atoms with Crippen molar-refractivity contribution in [1.29, 1.82) is 10.8 Å². The standard InChI is InChI=1S/C17H26BN3O2/c1-16(2)17(3,4)23-18(22-16)14-8-6-7-13(11-14)9-10-15(20)21(5)12-19/h6-8,11-12,19-20H,9-10H2,1-5H3. The van der Waals surface area contributed by atoms with Gasteiger partial charge in [-0.3, -0.25) is 10.8 Å². The lowest BCUT2D eigenvalue weighted by Gasteiger charge is -2.32. The summed E-state index contributed by atoms with van der Waals surface area (Å²) < 4.78 is 12.2. The monoisotopic (exact) mass is 315 g/mol. The molecule has 1 heterocycles. The van der Waals surface area contributed by atoms with Crippen molar-refractivity contribution >= 4 is 24.8 Å². The molecule has 1 aliphatic rings. The van der Waals surface area contributed by atoms with E-state index in [0.717, 1.165) is 23.8 Å². The molecule has 2 N–H and O–H groups in total. The molecule has 23 heavy (non-hydrogen) atoms. The van der Waals surface area contributed by atoms with Crippen LogP contribution in [0.3, 0.4) is 0 Å². The second kappa shape index (κ2) is 6.45. The summed E-state index contributed by atoms with van der Waals surface area (Å²) in [6, 6.07) is 8.15. The first-order chi connectivity index (χ1) is 10.7. The van der Waals surface area contributed by atoms with Gasteiger partial charge in [0.05, 0.1) is 17.5 Å². The molecule has 0 spiro atoms. The Bertz CT molecular complexity index is 585. The van der Waals surface area contributed by atoms with Gasteiger partial charge >= 0.3 is 7.12 Å². The largest absolute Gasteiger partial charge is 0.494 e. The summed E-state index contributed by atoms with van der Waals surface area (Å²) in [6.07, 6.45) is 2.51. The first-order valence-corrected chi connectivity index (χ1v) is 7.91. The van der Waals surface area contributed by atoms with Crippen molar-refractivity contribution < 1.29 is 9.31 Å². The van der Waals surface area contributed by atoms with Crippen molar-refractivity contribution in [1.82, 2.24) is 4.90 Å². The van der Waals surface area contributed by atoms with Gasteiger partial charge in [0, 0.05) is 13.5 Å². The molecular weight excluding hydrogens is 289 g/mol. The number of rotatable bonds is 5. The van der Waals surface area contributed by atoms with Crippen LogP contribution in [0.1, 0.15) is 39.7 Å². The molecule has 1 aromatic carbocycles. The summed E-state index contributed by atoms with van der Waals surface area (Å²) in [5.41, 5.74) is 1.46. The lowest BCUT2D eigenvalue weighted by Crippen LogP contribution is -2.41. The zero-order valence-electron chi connectivity index (χ0n) is 14.6. The predicted octanol–water partition coefficient (Wildman–Crippen LogP) is 2.43. The van der Waals surface area contributed by atoms with Gasteiger partial charge in [0.1, 0.15) is 5.84 Å². The maximum absolute atomic E-state index is 7.89. The van der Waals surface area contributed by atoms with Gasteiger partial charge in [-0.25, -0.2) is 0 Å². The van der Waals surface area contributed by atoms with Crippen molar-refractivity contribution in [3.05, 3.63) is 29.8 Å². The van der Waals surface area contributed by atoms with Crippen LogP contribution in [0.15, 0.2) is 24.3 Å². The Morgan fingerprint density at radius 2 is 1.83 bits per heavy atom. The average molecular weight is 315 g/mol. The van der Waals surface area contributed by atoms with E-state index in [1.54, 1.807) is 7.05 Å². The van der Waals surface area contributed by atoms with Crippen LogP contribution in [-0.2, 0) is 15.7 Å². The van der Waals surface area contributed by atoms with Crippen LogP contribution in [0.4, 0.5) is 0 Å². The van der Waals surface area contributed by atoms with Crippen LogP contribution in [0.5, 0.6) is 0 Å². The van der Waals surface area contributed by atoms with Crippen LogP contribution < -0.4 is 5.46 Å². The molecular formula is C17H26BN3O2. The molecule has 0 amide bonds. The van der Waals surface area contributed by atoms with Gasteiger partial charge in [-0.15, -0.1) is 0 Å². The minimum atomic E-state index is -0.358. The fraction of sp³-hybridized carbons (Fsp3) is 0.529. The van der Waals surface area contributed by atoms with Gasteiger partial charge < -0.3 is 14.2 Å². The second-order valence-electron chi connectivity index (χ2n) is 7.02. The van der Waals surface area contributed by atoms with E-state index in [-0.39, 0.29) is 18.3 Å². The molecule has 6 heteroatoms. The van der Waals surface area contributed by atoms with Crippen molar-refractivity contribution in [3.63, 3.8) is 0 Å². The SMILES string of the molecule is CN(C=N)C(=N)CCc1cccc(B2OC(C)(C)C(C)(C)O2)c1. The highest BCUT2D eigenvalue weighted by atomic mass is 16.7. The third kappa shape index (κ3) is 3.82. The van der Waals surface area contributed by atoms with E-state index in [0.29, 0.717) is 12.3 Å². The minimum Gasteiger partial charge on any atom is -0.399 e. The van der Waals surface area contributed by atoms with E-state index in [1.165, 1.54) is 4.90 Å². The number of hydrogen-bond donors (Lipinski definition) is 2. The van der Waals surface area contributed by atoms with Gasteiger partial charge in [-0.05, 0) is 45.1 Å². The van der Waals surface area contributed by atoms with Gasteiger partial charge in [0.25, 0.3) is 0 Å². The number of nitrogens with zero attached hydrogens (tertiary/aromatic N) is 1. The van der Waals surface area contributed by atoms with E-state index in [1.807, 2.05) is 45.9 Å². The summed E-state index contributed by atoms with van der Waals surface area (Å²) in [7, 11) is 1.36. The number of amidine groups is 1. The van der Waals surface area contributed by atoms with Crippen LogP contribution >= 0.6 is 0 Å². The highest BCUT2D eigenvalue weighted by Gasteiger charge is 2.51. The predicted molar refractivity (Wildman–Crippen MR) is 94.8 cm³/mol. The highest BCUT2D eigenvalue weighted by molar-refractivity contribution is 6.62. The normalized spacial score (nSPS) is 18.7. The van der Waals surface area contributed by atoms with E-state index in [2.05, 4.69) is 6.07 Å². The Kier molecular flexibility index (Phi) is 4.97. The fourth-order valence-corrected chi connectivity index (χ4v) is 2.39. The van der Waals surface area contributed by atoms with Crippen LogP contribution in [0, 0.1) is 10.8 Å². The van der Waals surface area contributed by atoms with Gasteiger partial charge in [0.15, 0.2) is 0 Å². The maximum Gasteiger partial charge on any atom is 0.494 e. The lowest BCUT2D eigenvalue weighted by molar-refractivity contribution is 0.00578. The molecule has 0 aliphatic carbocycles. The van der Waals surface area contributed by atoms with E-state index < -0.39 is 0 Å². The Labute approximate surface area is 139 Å². The van der Waals surface area contributed by atoms with Crippen LogP contribution in [0.25, 0.3) is 0 Å². The number of nitrogens with one attached hydrogen (secondary N) is 2. The topological polar surface area (TPSA) is 69.4 Å². The molecule has 0 aromatic heterocycles. The second-order valence-corrected chi connectivity index (χ2v) is 7.02. The molecule has 0 unspecified atom stereocenters. The quantitative estimate of drug-likeness (QED) is 0.498. The molecule has 0 bridgehead atoms. The fourth-order valence-electron chi connectivity index (χ4n) is 2.39. The van der Waals surface area contributed by atoms with Crippen molar-refractivity contribution in [3.8, 4) is 0 Å². The summed E-state index contributed by atoms with van der Waals surface area (Å²) in [6.45, 7) is 8.19. The number of aryl methyl sites for hydroxylation is 1. The highest BCUT2D eigenvalue weighted by Crippen LogP contribution is 2.36. The molecule has 1 saturated heterocycles. The summed E-state index contributed by atoms with van der Waals surface area (Å²) in [5, 5.41) is 15.1. The number of hydrogen-bond acceptors (Lipinski definition) is 4. The maximum atomic E-state index is 7.89. The molecule has 124 valence electrons. The zero-order chi connectivity index (χ0) is 17.3. The first kappa shape index (κ1) is 17.7. The zero-order valence-corrected chi connectivity index (χ0v) is 14.6. The summed E-state index contributed by atoms with van der Waals surface area (Å²) in [5.74, 6) is 0.432. The van der Waals surface area contributed by atoms with E-state index in [9.17, 15) is 0 Å². The lowest BCUT2D eigenvalue weighted by atomic mass is 9.78. The van der Waals surface area contributed by atoms with E-state index >= 15 is 0 Å². The molecule has 0 radical (unpaired) electrons. The molecule has 0 saturated carbocycles. The number of benzene rings is 1. The Morgan fingerprint density at radius 3 is 2.39 bits per heavy atom. The van der Waals surface area contributed by atoms with Gasteiger partial charge in [-0.1, -0.05) is 24.3 Å². The Morgan fingerprint density at radius 1 is 1.22 bits per heavy atom.